The summed E-state index contributed by atoms with van der Waals surface area (Å²) in [5, 5.41) is 11.7. The maximum Gasteiger partial charge on any atom is 0.141 e. The lowest BCUT2D eigenvalue weighted by atomic mass is 9.92. The van der Waals surface area contributed by atoms with Crippen molar-refractivity contribution in [2.75, 3.05) is 6.61 Å². The van der Waals surface area contributed by atoms with Gasteiger partial charge in [-0.05, 0) is 24.3 Å². The minimum Gasteiger partial charge on any atom is -0.506 e. The van der Waals surface area contributed by atoms with Crippen LogP contribution in [0.2, 0.25) is 20.1 Å². The lowest BCUT2D eigenvalue weighted by molar-refractivity contribution is 0.340. The number of phenolic OH excluding ortho intramolecular Hbond substituents is 1. The number of fused-ring (bicyclic) bond motifs is 1. The third kappa shape index (κ3) is 2.31. The predicted octanol–water partition coefficient (Wildman–Crippen LogP) is 5.53. The van der Waals surface area contributed by atoms with E-state index in [1.54, 1.807) is 18.2 Å². The fourth-order valence-corrected chi connectivity index (χ4v) is 3.43. The van der Waals surface area contributed by atoms with E-state index in [1.807, 2.05) is 0 Å². The molecule has 0 saturated carbocycles. The van der Waals surface area contributed by atoms with E-state index in [-0.39, 0.29) is 16.7 Å². The van der Waals surface area contributed by atoms with E-state index < -0.39 is 0 Å². The zero-order valence-electron chi connectivity index (χ0n) is 9.96. The lowest BCUT2D eigenvalue weighted by Gasteiger charge is -2.13. The molecule has 0 aliphatic carbocycles. The minimum atomic E-state index is -0.211. The number of aromatic hydroxyl groups is 1. The van der Waals surface area contributed by atoms with E-state index in [4.69, 9.17) is 51.1 Å². The molecule has 1 N–H and O–H groups in total. The summed E-state index contributed by atoms with van der Waals surface area (Å²) in [4.78, 5) is 0. The molecule has 104 valence electrons. The molecule has 0 saturated heterocycles. The molecule has 6 heteroatoms. The zero-order valence-corrected chi connectivity index (χ0v) is 13.0. The second-order valence-corrected chi connectivity index (χ2v) is 6.18. The van der Waals surface area contributed by atoms with E-state index in [9.17, 15) is 5.11 Å². The van der Waals surface area contributed by atoms with Crippen LogP contribution in [0, 0.1) is 0 Å². The largest absolute Gasteiger partial charge is 0.506 e. The van der Waals surface area contributed by atoms with Crippen LogP contribution in [-0.2, 0) is 0 Å². The van der Waals surface area contributed by atoms with Crippen molar-refractivity contribution in [3.05, 3.63) is 55.5 Å². The number of hydrogen-bond acceptors (Lipinski definition) is 2. The third-order valence-electron chi connectivity index (χ3n) is 3.24. The van der Waals surface area contributed by atoms with Gasteiger partial charge in [0.1, 0.15) is 11.5 Å². The minimum absolute atomic E-state index is 0.00591. The van der Waals surface area contributed by atoms with Crippen molar-refractivity contribution in [2.45, 2.75) is 5.92 Å². The smallest absolute Gasteiger partial charge is 0.141 e. The van der Waals surface area contributed by atoms with Crippen molar-refractivity contribution in [3.63, 3.8) is 0 Å². The second kappa shape index (κ2) is 5.19. The number of phenols is 1. The highest BCUT2D eigenvalue weighted by molar-refractivity contribution is 6.36. The van der Waals surface area contributed by atoms with Crippen LogP contribution in [0.4, 0.5) is 0 Å². The summed E-state index contributed by atoms with van der Waals surface area (Å²) >= 11 is 24.1. The number of hydrogen-bond donors (Lipinski definition) is 1. The molecule has 1 heterocycles. The monoisotopic (exact) mass is 348 g/mol. The van der Waals surface area contributed by atoms with Gasteiger partial charge in [-0.1, -0.05) is 46.4 Å². The molecule has 0 amide bonds. The van der Waals surface area contributed by atoms with Crippen LogP contribution in [0.1, 0.15) is 17.0 Å². The molecule has 2 aromatic carbocycles. The Labute approximate surface area is 135 Å². The first kappa shape index (κ1) is 14.2. The molecule has 1 aliphatic heterocycles. The molecular weight excluding hydrogens is 342 g/mol. The van der Waals surface area contributed by atoms with Gasteiger partial charge >= 0.3 is 0 Å². The zero-order chi connectivity index (χ0) is 14.4. The molecule has 20 heavy (non-hydrogen) atoms. The number of halogens is 4. The maximum atomic E-state index is 10.1. The summed E-state index contributed by atoms with van der Waals surface area (Å²) in [7, 11) is 0. The van der Waals surface area contributed by atoms with E-state index >= 15 is 0 Å². The van der Waals surface area contributed by atoms with Crippen molar-refractivity contribution in [1.82, 2.24) is 0 Å². The van der Waals surface area contributed by atoms with Gasteiger partial charge in [0.2, 0.25) is 0 Å². The van der Waals surface area contributed by atoms with Crippen LogP contribution >= 0.6 is 46.4 Å². The molecule has 2 nitrogen and oxygen atoms in total. The van der Waals surface area contributed by atoms with Crippen LogP contribution < -0.4 is 4.74 Å². The molecule has 0 spiro atoms. The topological polar surface area (TPSA) is 29.5 Å². The highest BCUT2D eigenvalue weighted by Gasteiger charge is 2.31. The molecule has 3 rings (SSSR count). The first-order valence-corrected chi connectivity index (χ1v) is 7.28. The average molecular weight is 350 g/mol. The summed E-state index contributed by atoms with van der Waals surface area (Å²) in [6.45, 7) is 0.347. The van der Waals surface area contributed by atoms with E-state index in [0.29, 0.717) is 33.0 Å². The Balaban J connectivity index is 2.17. The molecule has 1 unspecified atom stereocenters. The van der Waals surface area contributed by atoms with Gasteiger partial charge in [0, 0.05) is 21.2 Å². The summed E-state index contributed by atoms with van der Waals surface area (Å²) in [6, 6.07) is 6.55. The van der Waals surface area contributed by atoms with Crippen LogP contribution in [-0.4, -0.2) is 11.7 Å². The van der Waals surface area contributed by atoms with Crippen molar-refractivity contribution in [2.24, 2.45) is 0 Å². The highest BCUT2D eigenvalue weighted by Crippen LogP contribution is 2.47. The molecule has 0 bridgehead atoms. The lowest BCUT2D eigenvalue weighted by Crippen LogP contribution is -2.03. The van der Waals surface area contributed by atoms with Gasteiger partial charge in [0.25, 0.3) is 0 Å². The van der Waals surface area contributed by atoms with E-state index in [1.165, 1.54) is 6.07 Å². The van der Waals surface area contributed by atoms with Crippen LogP contribution in [0.3, 0.4) is 0 Å². The van der Waals surface area contributed by atoms with Gasteiger partial charge in [0.05, 0.1) is 22.6 Å². The Morgan fingerprint density at radius 3 is 2.20 bits per heavy atom. The van der Waals surface area contributed by atoms with E-state index in [0.717, 1.165) is 5.56 Å². The molecular formula is C14H8Cl4O2. The molecule has 1 atom stereocenters. The SMILES string of the molecule is Oc1c(Cl)cc(Cl)cc1C1COc2c(Cl)cc(Cl)cc21. The van der Waals surface area contributed by atoms with Crippen LogP contribution in [0.15, 0.2) is 24.3 Å². The van der Waals surface area contributed by atoms with Crippen LogP contribution in [0.25, 0.3) is 0 Å². The van der Waals surface area contributed by atoms with Crippen molar-refractivity contribution < 1.29 is 9.84 Å². The molecule has 0 fully saturated rings. The summed E-state index contributed by atoms with van der Waals surface area (Å²) in [6.07, 6.45) is 0. The first-order chi connectivity index (χ1) is 9.47. The molecule has 0 radical (unpaired) electrons. The standard InChI is InChI=1S/C14H8Cl4O2/c15-6-1-8(13(19)11(17)3-6)10-5-20-14-9(10)2-7(16)4-12(14)18/h1-4,10,19H,5H2. The van der Waals surface area contributed by atoms with Crippen molar-refractivity contribution >= 4 is 46.4 Å². The van der Waals surface area contributed by atoms with Gasteiger partial charge in [-0.15, -0.1) is 0 Å². The Kier molecular flexibility index (Phi) is 3.67. The van der Waals surface area contributed by atoms with Gasteiger partial charge in [-0.25, -0.2) is 0 Å². The maximum absolute atomic E-state index is 10.1. The van der Waals surface area contributed by atoms with Gasteiger partial charge < -0.3 is 9.84 Å². The van der Waals surface area contributed by atoms with Crippen LogP contribution in [0.5, 0.6) is 11.5 Å². The fraction of sp³-hybridized carbons (Fsp3) is 0.143. The average Bonchev–Trinajstić information content (AvgIpc) is 2.77. The van der Waals surface area contributed by atoms with Gasteiger partial charge in [0.15, 0.2) is 0 Å². The highest BCUT2D eigenvalue weighted by atomic mass is 35.5. The Morgan fingerprint density at radius 1 is 0.900 bits per heavy atom. The molecule has 1 aliphatic rings. The van der Waals surface area contributed by atoms with Crippen molar-refractivity contribution in [3.8, 4) is 11.5 Å². The Morgan fingerprint density at radius 2 is 1.50 bits per heavy atom. The summed E-state index contributed by atoms with van der Waals surface area (Å²) < 4.78 is 5.60. The van der Waals surface area contributed by atoms with Gasteiger partial charge in [-0.2, -0.15) is 0 Å². The van der Waals surface area contributed by atoms with E-state index in [2.05, 4.69) is 0 Å². The van der Waals surface area contributed by atoms with Crippen molar-refractivity contribution in [1.29, 1.82) is 0 Å². The third-order valence-corrected chi connectivity index (χ3v) is 4.25. The summed E-state index contributed by atoms with van der Waals surface area (Å²) in [5.41, 5.74) is 1.41. The number of benzene rings is 2. The summed E-state index contributed by atoms with van der Waals surface area (Å²) in [5.74, 6) is 0.363. The Bertz CT molecular complexity index is 700. The van der Waals surface area contributed by atoms with Gasteiger partial charge in [-0.3, -0.25) is 0 Å². The quantitative estimate of drug-likeness (QED) is 0.733. The fourth-order valence-electron chi connectivity index (χ4n) is 2.36. The molecule has 0 aromatic heterocycles. The molecule has 2 aromatic rings. The predicted molar refractivity (Wildman–Crippen MR) is 81.9 cm³/mol. The second-order valence-electron chi connectivity index (χ2n) is 4.49. The first-order valence-electron chi connectivity index (χ1n) is 5.77. The number of ether oxygens (including phenoxy) is 1. The normalized spacial score (nSPS) is 16.9. The Hall–Kier alpha value is -0.800. The number of rotatable bonds is 1.